The van der Waals surface area contributed by atoms with E-state index in [4.69, 9.17) is 15.6 Å². The van der Waals surface area contributed by atoms with E-state index in [9.17, 15) is 4.79 Å². The highest BCUT2D eigenvalue weighted by Crippen LogP contribution is 2.68. The van der Waals surface area contributed by atoms with Gasteiger partial charge in [-0.3, -0.25) is 4.79 Å². The monoisotopic (exact) mass is 164 g/mol. The minimum atomic E-state index is -1.48. The standard InChI is InChI=1S/C8H8N2O2/c1-7(2)5(3-9)8(7,4-10)6(11)12/h5H,1-2H3,(H,11,12)/t5-,8-/m1/s1. The molecule has 0 heterocycles. The highest BCUT2D eigenvalue weighted by molar-refractivity contribution is 5.85. The summed E-state index contributed by atoms with van der Waals surface area (Å²) >= 11 is 0. The van der Waals surface area contributed by atoms with Gasteiger partial charge in [-0.15, -0.1) is 0 Å². The van der Waals surface area contributed by atoms with E-state index in [1.807, 2.05) is 6.07 Å². The van der Waals surface area contributed by atoms with E-state index in [1.54, 1.807) is 19.9 Å². The number of carboxylic acids is 1. The fourth-order valence-corrected chi connectivity index (χ4v) is 1.68. The molecule has 0 radical (unpaired) electrons. The molecule has 0 amide bonds. The average Bonchev–Trinajstić information content (AvgIpc) is 2.47. The summed E-state index contributed by atoms with van der Waals surface area (Å²) in [5, 5.41) is 26.0. The van der Waals surface area contributed by atoms with Gasteiger partial charge in [0.2, 0.25) is 0 Å². The zero-order chi connectivity index (χ0) is 9.57. The van der Waals surface area contributed by atoms with Crippen LogP contribution >= 0.6 is 0 Å². The van der Waals surface area contributed by atoms with Crippen molar-refractivity contribution in [1.82, 2.24) is 0 Å². The van der Waals surface area contributed by atoms with Crippen LogP contribution in [0, 0.1) is 39.4 Å². The third-order valence-electron chi connectivity index (χ3n) is 2.73. The molecule has 62 valence electrons. The van der Waals surface area contributed by atoms with Gasteiger partial charge in [0.05, 0.1) is 18.1 Å². The number of hydrogen-bond acceptors (Lipinski definition) is 3. The molecule has 0 aromatic rings. The zero-order valence-electron chi connectivity index (χ0n) is 6.83. The summed E-state index contributed by atoms with van der Waals surface area (Å²) < 4.78 is 0. The van der Waals surface area contributed by atoms with Gasteiger partial charge in [-0.05, 0) is 0 Å². The SMILES string of the molecule is CC1(C)[C@@H](C#N)[C@]1(C#N)C(=O)O. The Balaban J connectivity index is 3.15. The number of aliphatic carboxylic acids is 1. The fraction of sp³-hybridized carbons (Fsp3) is 0.625. The molecule has 0 aromatic carbocycles. The Morgan fingerprint density at radius 1 is 1.50 bits per heavy atom. The van der Waals surface area contributed by atoms with Crippen LogP contribution in [0.15, 0.2) is 0 Å². The van der Waals surface area contributed by atoms with Crippen LogP contribution in [0.5, 0.6) is 0 Å². The van der Waals surface area contributed by atoms with Gasteiger partial charge in [-0.2, -0.15) is 10.5 Å². The number of nitriles is 2. The molecule has 0 bridgehead atoms. The van der Waals surface area contributed by atoms with Crippen LogP contribution in [0.1, 0.15) is 13.8 Å². The summed E-state index contributed by atoms with van der Waals surface area (Å²) in [7, 11) is 0. The molecule has 1 aliphatic rings. The third-order valence-corrected chi connectivity index (χ3v) is 2.73. The van der Waals surface area contributed by atoms with Crippen LogP contribution in [0.25, 0.3) is 0 Å². The van der Waals surface area contributed by atoms with E-state index < -0.39 is 22.7 Å². The highest BCUT2D eigenvalue weighted by Gasteiger charge is 2.78. The number of nitrogens with zero attached hydrogens (tertiary/aromatic N) is 2. The molecule has 0 aromatic heterocycles. The quantitative estimate of drug-likeness (QED) is 0.620. The van der Waals surface area contributed by atoms with Crippen molar-refractivity contribution in [3.8, 4) is 12.1 Å². The third kappa shape index (κ3) is 0.579. The molecule has 0 unspecified atom stereocenters. The van der Waals surface area contributed by atoms with E-state index >= 15 is 0 Å². The summed E-state index contributed by atoms with van der Waals surface area (Å²) in [5.74, 6) is -1.88. The van der Waals surface area contributed by atoms with E-state index in [1.165, 1.54) is 0 Å². The maximum atomic E-state index is 10.7. The van der Waals surface area contributed by atoms with E-state index in [0.717, 1.165) is 0 Å². The number of carboxylic acid groups (broad SMARTS) is 1. The Morgan fingerprint density at radius 2 is 2.00 bits per heavy atom. The lowest BCUT2D eigenvalue weighted by Gasteiger charge is -2.02. The van der Waals surface area contributed by atoms with E-state index in [2.05, 4.69) is 0 Å². The van der Waals surface area contributed by atoms with E-state index in [-0.39, 0.29) is 0 Å². The molecular formula is C8H8N2O2. The van der Waals surface area contributed by atoms with Crippen LogP contribution in [0.4, 0.5) is 0 Å². The van der Waals surface area contributed by atoms with Crippen molar-refractivity contribution in [2.45, 2.75) is 13.8 Å². The van der Waals surface area contributed by atoms with Gasteiger partial charge < -0.3 is 5.11 Å². The van der Waals surface area contributed by atoms with Crippen molar-refractivity contribution in [2.75, 3.05) is 0 Å². The molecule has 0 saturated heterocycles. The Bertz CT molecular complexity index is 321. The lowest BCUT2D eigenvalue weighted by molar-refractivity contribution is -0.142. The Labute approximate surface area is 70.0 Å². The molecular weight excluding hydrogens is 156 g/mol. The zero-order valence-corrected chi connectivity index (χ0v) is 6.83. The molecule has 2 atom stereocenters. The van der Waals surface area contributed by atoms with Crippen molar-refractivity contribution in [3.63, 3.8) is 0 Å². The molecule has 1 fully saturated rings. The Hall–Kier alpha value is -1.55. The fourth-order valence-electron chi connectivity index (χ4n) is 1.68. The van der Waals surface area contributed by atoms with Crippen molar-refractivity contribution in [1.29, 1.82) is 10.5 Å². The van der Waals surface area contributed by atoms with Crippen molar-refractivity contribution in [3.05, 3.63) is 0 Å². The maximum absolute atomic E-state index is 10.7. The molecule has 1 aliphatic carbocycles. The summed E-state index contributed by atoms with van der Waals surface area (Å²) in [6.45, 7) is 3.25. The Kier molecular flexibility index (Phi) is 1.41. The second-order valence-electron chi connectivity index (χ2n) is 3.51. The summed E-state index contributed by atoms with van der Waals surface area (Å²) in [6, 6.07) is 3.57. The van der Waals surface area contributed by atoms with Gasteiger partial charge in [0, 0.05) is 5.41 Å². The second kappa shape index (κ2) is 1.98. The van der Waals surface area contributed by atoms with Crippen LogP contribution in [0.2, 0.25) is 0 Å². The first kappa shape index (κ1) is 8.55. The summed E-state index contributed by atoms with van der Waals surface area (Å²) in [4.78, 5) is 10.7. The number of rotatable bonds is 1. The molecule has 4 nitrogen and oxygen atoms in total. The first-order chi connectivity index (χ1) is 5.45. The predicted molar refractivity (Wildman–Crippen MR) is 38.6 cm³/mol. The highest BCUT2D eigenvalue weighted by atomic mass is 16.4. The van der Waals surface area contributed by atoms with Gasteiger partial charge in [-0.1, -0.05) is 13.8 Å². The molecule has 12 heavy (non-hydrogen) atoms. The molecule has 1 rings (SSSR count). The maximum Gasteiger partial charge on any atom is 0.326 e. The lowest BCUT2D eigenvalue weighted by Crippen LogP contribution is -2.19. The minimum Gasteiger partial charge on any atom is -0.480 e. The van der Waals surface area contributed by atoms with Crippen molar-refractivity contribution < 1.29 is 9.90 Å². The van der Waals surface area contributed by atoms with Gasteiger partial charge in [-0.25, -0.2) is 0 Å². The Morgan fingerprint density at radius 3 is 2.08 bits per heavy atom. The summed E-state index contributed by atoms with van der Waals surface area (Å²) in [6.07, 6.45) is 0. The van der Waals surface area contributed by atoms with Crippen LogP contribution in [-0.4, -0.2) is 11.1 Å². The molecule has 0 aliphatic heterocycles. The first-order valence-electron chi connectivity index (χ1n) is 3.49. The normalized spacial score (nSPS) is 36.2. The van der Waals surface area contributed by atoms with Gasteiger partial charge in [0.15, 0.2) is 5.41 Å². The van der Waals surface area contributed by atoms with Crippen LogP contribution in [-0.2, 0) is 4.79 Å². The van der Waals surface area contributed by atoms with Gasteiger partial charge in [0.25, 0.3) is 0 Å². The molecule has 1 saturated carbocycles. The lowest BCUT2D eigenvalue weighted by atomic mass is 9.98. The van der Waals surface area contributed by atoms with Gasteiger partial charge in [0.1, 0.15) is 0 Å². The molecule has 1 N–H and O–H groups in total. The molecule has 0 spiro atoms. The van der Waals surface area contributed by atoms with Gasteiger partial charge >= 0.3 is 5.97 Å². The van der Waals surface area contributed by atoms with Crippen LogP contribution in [0.3, 0.4) is 0 Å². The minimum absolute atomic E-state index is 0.688. The summed E-state index contributed by atoms with van der Waals surface area (Å²) in [5.41, 5.74) is -2.20. The van der Waals surface area contributed by atoms with Crippen molar-refractivity contribution in [2.24, 2.45) is 16.7 Å². The van der Waals surface area contributed by atoms with E-state index in [0.29, 0.717) is 0 Å². The van der Waals surface area contributed by atoms with Crippen LogP contribution < -0.4 is 0 Å². The topological polar surface area (TPSA) is 84.9 Å². The average molecular weight is 164 g/mol. The predicted octanol–water partition coefficient (Wildman–Crippen LogP) is 0.761. The smallest absolute Gasteiger partial charge is 0.326 e. The second-order valence-corrected chi connectivity index (χ2v) is 3.51. The molecule has 4 heteroatoms. The number of hydrogen-bond donors (Lipinski definition) is 1. The number of carbonyl (C=O) groups is 1. The largest absolute Gasteiger partial charge is 0.480 e. The first-order valence-corrected chi connectivity index (χ1v) is 3.49. The van der Waals surface area contributed by atoms with Crippen molar-refractivity contribution >= 4 is 5.97 Å².